The van der Waals surface area contributed by atoms with E-state index < -0.39 is 27.8 Å². The van der Waals surface area contributed by atoms with E-state index in [1.165, 1.54) is 6.07 Å². The van der Waals surface area contributed by atoms with Gasteiger partial charge >= 0.3 is 0 Å². The monoisotopic (exact) mass is 378 g/mol. The van der Waals surface area contributed by atoms with Gasteiger partial charge in [0.1, 0.15) is 11.9 Å². The van der Waals surface area contributed by atoms with Crippen LogP contribution >= 0.6 is 0 Å². The van der Waals surface area contributed by atoms with Crippen molar-refractivity contribution in [1.82, 2.24) is 10.0 Å². The molecule has 2 aromatic carbocycles. The molecule has 0 aliphatic rings. The van der Waals surface area contributed by atoms with Crippen LogP contribution in [0, 0.1) is 5.82 Å². The number of carbonyl (C=O) groups is 1. The molecule has 0 aromatic heterocycles. The van der Waals surface area contributed by atoms with Crippen LogP contribution in [0.15, 0.2) is 54.6 Å². The molecule has 2 rings (SSSR count). The van der Waals surface area contributed by atoms with Crippen LogP contribution in [0.2, 0.25) is 0 Å². The van der Waals surface area contributed by atoms with Gasteiger partial charge in [0.15, 0.2) is 0 Å². The van der Waals surface area contributed by atoms with Crippen LogP contribution in [0.3, 0.4) is 0 Å². The molecular formula is C19H23FN2O3S. The molecule has 2 N–H and O–H groups in total. The van der Waals surface area contributed by atoms with Gasteiger partial charge in [-0.05, 0) is 37.5 Å². The Morgan fingerprint density at radius 3 is 2.27 bits per heavy atom. The number of halogens is 1. The maximum Gasteiger partial charge on any atom is 0.242 e. The highest BCUT2D eigenvalue weighted by Gasteiger charge is 2.26. The van der Waals surface area contributed by atoms with Crippen LogP contribution in [0.4, 0.5) is 4.39 Å². The predicted octanol–water partition coefficient (Wildman–Crippen LogP) is 2.55. The second-order valence-corrected chi connectivity index (χ2v) is 8.16. The predicted molar refractivity (Wildman–Crippen MR) is 99.5 cm³/mol. The fraction of sp³-hybridized carbons (Fsp3) is 0.316. The molecule has 0 aliphatic carbocycles. The number of sulfonamides is 1. The van der Waals surface area contributed by atoms with Crippen molar-refractivity contribution in [2.75, 3.05) is 5.75 Å². The second kappa shape index (κ2) is 8.91. The Kier molecular flexibility index (Phi) is 6.88. The smallest absolute Gasteiger partial charge is 0.242 e. The lowest BCUT2D eigenvalue weighted by atomic mass is 10.1. The molecule has 0 bridgehead atoms. The Bertz CT molecular complexity index is 839. The van der Waals surface area contributed by atoms with Crippen LogP contribution in [0.5, 0.6) is 0 Å². The number of rotatable bonds is 8. The van der Waals surface area contributed by atoms with Crippen LogP contribution in [0.1, 0.15) is 31.0 Å². The number of carbonyl (C=O) groups excluding carboxylic acids is 1. The lowest BCUT2D eigenvalue weighted by Gasteiger charge is -2.20. The summed E-state index contributed by atoms with van der Waals surface area (Å²) < 4.78 is 41.1. The van der Waals surface area contributed by atoms with Crippen molar-refractivity contribution < 1.29 is 17.6 Å². The van der Waals surface area contributed by atoms with Gasteiger partial charge in [-0.2, -0.15) is 4.72 Å². The van der Waals surface area contributed by atoms with Crippen molar-refractivity contribution in [1.29, 1.82) is 0 Å². The van der Waals surface area contributed by atoms with Gasteiger partial charge in [-0.3, -0.25) is 4.79 Å². The molecule has 5 nitrogen and oxygen atoms in total. The fourth-order valence-electron chi connectivity index (χ4n) is 2.47. The first-order valence-electron chi connectivity index (χ1n) is 8.37. The van der Waals surface area contributed by atoms with Crippen molar-refractivity contribution in [3.05, 3.63) is 71.5 Å². The van der Waals surface area contributed by atoms with E-state index in [2.05, 4.69) is 10.0 Å². The van der Waals surface area contributed by atoms with E-state index in [1.54, 1.807) is 62.4 Å². The Balaban J connectivity index is 2.15. The summed E-state index contributed by atoms with van der Waals surface area (Å²) in [7, 11) is -3.80. The summed E-state index contributed by atoms with van der Waals surface area (Å²) >= 11 is 0. The molecule has 0 unspecified atom stereocenters. The molecule has 140 valence electrons. The van der Waals surface area contributed by atoms with Crippen LogP contribution in [0.25, 0.3) is 0 Å². The zero-order chi connectivity index (χ0) is 19.2. The molecule has 0 saturated carbocycles. The zero-order valence-electron chi connectivity index (χ0n) is 14.8. The summed E-state index contributed by atoms with van der Waals surface area (Å²) in [5, 5.41) is 2.72. The lowest BCUT2D eigenvalue weighted by Crippen LogP contribution is -2.43. The summed E-state index contributed by atoms with van der Waals surface area (Å²) in [6.07, 6.45) is 0.0231. The molecule has 0 saturated heterocycles. The standard InChI is InChI=1S/C19H23FN2O3S/c1-14(2)21-19(23)18(16-9-4-3-5-10-16)22-26(24,25)13-12-15-8-6-7-11-17(15)20/h3-11,14,18,22H,12-13H2,1-2H3,(H,21,23)/t18-/m0/s1. The van der Waals surface area contributed by atoms with Gasteiger partial charge in [0, 0.05) is 6.04 Å². The van der Waals surface area contributed by atoms with E-state index >= 15 is 0 Å². The van der Waals surface area contributed by atoms with E-state index in [0.29, 0.717) is 11.1 Å². The van der Waals surface area contributed by atoms with Crippen molar-refractivity contribution in [2.45, 2.75) is 32.4 Å². The lowest BCUT2D eigenvalue weighted by molar-refractivity contribution is -0.123. The van der Waals surface area contributed by atoms with Crippen molar-refractivity contribution >= 4 is 15.9 Å². The summed E-state index contributed by atoms with van der Waals surface area (Å²) in [5.41, 5.74) is 0.862. The van der Waals surface area contributed by atoms with Gasteiger partial charge in [-0.15, -0.1) is 0 Å². The molecule has 7 heteroatoms. The van der Waals surface area contributed by atoms with Gasteiger partial charge in [0.25, 0.3) is 0 Å². The number of benzene rings is 2. The SMILES string of the molecule is CC(C)NC(=O)[C@@H](NS(=O)(=O)CCc1ccccc1F)c1ccccc1. The molecular weight excluding hydrogens is 355 g/mol. The molecule has 2 aromatic rings. The average molecular weight is 378 g/mol. The summed E-state index contributed by atoms with van der Waals surface area (Å²) in [6, 6.07) is 13.5. The maximum absolute atomic E-state index is 13.7. The minimum Gasteiger partial charge on any atom is -0.352 e. The Labute approximate surface area is 153 Å². The highest BCUT2D eigenvalue weighted by Crippen LogP contribution is 2.15. The van der Waals surface area contributed by atoms with Gasteiger partial charge in [0.2, 0.25) is 15.9 Å². The van der Waals surface area contributed by atoms with E-state index in [-0.39, 0.29) is 18.2 Å². The number of amides is 1. The van der Waals surface area contributed by atoms with Crippen LogP contribution in [-0.4, -0.2) is 26.1 Å². The van der Waals surface area contributed by atoms with Gasteiger partial charge in [0.05, 0.1) is 5.75 Å². The summed E-state index contributed by atoms with van der Waals surface area (Å²) in [4.78, 5) is 12.5. The largest absolute Gasteiger partial charge is 0.352 e. The third kappa shape index (κ3) is 5.93. The Hall–Kier alpha value is -2.25. The molecule has 0 fully saturated rings. The first kappa shape index (κ1) is 20.1. The number of hydrogen-bond acceptors (Lipinski definition) is 3. The molecule has 0 aliphatic heterocycles. The third-order valence-electron chi connectivity index (χ3n) is 3.72. The summed E-state index contributed by atoms with van der Waals surface area (Å²) in [5.74, 6) is -1.19. The summed E-state index contributed by atoms with van der Waals surface area (Å²) in [6.45, 7) is 3.60. The first-order chi connectivity index (χ1) is 12.3. The normalized spacial score (nSPS) is 12.8. The topological polar surface area (TPSA) is 75.3 Å². The highest BCUT2D eigenvalue weighted by molar-refractivity contribution is 7.89. The van der Waals surface area contributed by atoms with Gasteiger partial charge in [-0.1, -0.05) is 48.5 Å². The van der Waals surface area contributed by atoms with Crippen LogP contribution < -0.4 is 10.0 Å². The molecule has 1 atom stereocenters. The van der Waals surface area contributed by atoms with E-state index in [9.17, 15) is 17.6 Å². The minimum atomic E-state index is -3.80. The quantitative estimate of drug-likeness (QED) is 0.741. The fourth-order valence-corrected chi connectivity index (χ4v) is 3.68. The van der Waals surface area contributed by atoms with Crippen molar-refractivity contribution in [3.63, 3.8) is 0 Å². The number of aryl methyl sites for hydroxylation is 1. The number of nitrogens with one attached hydrogen (secondary N) is 2. The molecule has 26 heavy (non-hydrogen) atoms. The molecule has 1 amide bonds. The third-order valence-corrected chi connectivity index (χ3v) is 5.06. The molecule has 0 spiro atoms. The van der Waals surface area contributed by atoms with E-state index in [4.69, 9.17) is 0 Å². The van der Waals surface area contributed by atoms with E-state index in [1.807, 2.05) is 0 Å². The first-order valence-corrected chi connectivity index (χ1v) is 10.0. The van der Waals surface area contributed by atoms with Gasteiger partial charge in [-0.25, -0.2) is 12.8 Å². The molecule has 0 radical (unpaired) electrons. The van der Waals surface area contributed by atoms with Gasteiger partial charge < -0.3 is 5.32 Å². The highest BCUT2D eigenvalue weighted by atomic mass is 32.2. The average Bonchev–Trinajstić information content (AvgIpc) is 2.59. The Morgan fingerprint density at radius 1 is 1.04 bits per heavy atom. The zero-order valence-corrected chi connectivity index (χ0v) is 15.6. The number of hydrogen-bond donors (Lipinski definition) is 2. The maximum atomic E-state index is 13.7. The second-order valence-electron chi connectivity index (χ2n) is 6.29. The minimum absolute atomic E-state index is 0.0231. The van der Waals surface area contributed by atoms with Crippen molar-refractivity contribution in [2.24, 2.45) is 0 Å². The molecule has 0 heterocycles. The van der Waals surface area contributed by atoms with Crippen molar-refractivity contribution in [3.8, 4) is 0 Å². The van der Waals surface area contributed by atoms with Crippen LogP contribution in [-0.2, 0) is 21.2 Å². The van der Waals surface area contributed by atoms with E-state index in [0.717, 1.165) is 0 Å². The Morgan fingerprint density at radius 2 is 1.65 bits per heavy atom.